The molecule has 1 fully saturated rings. The van der Waals surface area contributed by atoms with E-state index in [1.54, 1.807) is 11.3 Å². The molecule has 1 saturated heterocycles. The minimum atomic E-state index is -3.17. The molecule has 0 aliphatic carbocycles. The van der Waals surface area contributed by atoms with Crippen LogP contribution in [0.3, 0.4) is 0 Å². The maximum absolute atomic E-state index is 11.3. The summed E-state index contributed by atoms with van der Waals surface area (Å²) < 4.78 is 30.6. The monoisotopic (exact) mass is 342 g/mol. The van der Waals surface area contributed by atoms with Crippen LogP contribution in [0, 0.1) is 0 Å². The van der Waals surface area contributed by atoms with Gasteiger partial charge < -0.3 is 4.52 Å². The van der Waals surface area contributed by atoms with Crippen molar-refractivity contribution in [3.05, 3.63) is 22.7 Å². The lowest BCUT2D eigenvalue weighted by Gasteiger charge is -2.31. The smallest absolute Gasteiger partial charge is 0.241 e. The Bertz CT molecular complexity index is 711. The first-order valence-corrected chi connectivity index (χ1v) is 9.88. The molecule has 0 saturated carbocycles. The Balaban J connectivity index is 1.61. The fourth-order valence-corrected chi connectivity index (χ4v) is 4.05. The van der Waals surface area contributed by atoms with Crippen LogP contribution in [0.5, 0.6) is 0 Å². The highest BCUT2D eigenvalue weighted by Gasteiger charge is 2.23. The molecule has 2 aromatic rings. The van der Waals surface area contributed by atoms with E-state index in [0.717, 1.165) is 24.9 Å². The van der Waals surface area contributed by atoms with Crippen molar-refractivity contribution in [3.8, 4) is 11.4 Å². The molecule has 0 amide bonds. The van der Waals surface area contributed by atoms with Gasteiger partial charge in [0, 0.05) is 23.5 Å². The van der Waals surface area contributed by atoms with Crippen molar-refractivity contribution < 1.29 is 12.9 Å². The molecule has 22 heavy (non-hydrogen) atoms. The summed E-state index contributed by atoms with van der Waals surface area (Å²) in [4.78, 5) is 6.53. The fourth-order valence-electron chi connectivity index (χ4n) is 2.62. The van der Waals surface area contributed by atoms with Crippen LogP contribution in [0.25, 0.3) is 11.4 Å². The van der Waals surface area contributed by atoms with Crippen molar-refractivity contribution in [1.29, 1.82) is 0 Å². The number of sulfonamides is 1. The van der Waals surface area contributed by atoms with Crippen LogP contribution in [-0.2, 0) is 16.6 Å². The second-order valence-corrected chi connectivity index (χ2v) is 8.05. The van der Waals surface area contributed by atoms with E-state index >= 15 is 0 Å². The number of nitrogens with one attached hydrogen (secondary N) is 1. The van der Waals surface area contributed by atoms with Gasteiger partial charge in [-0.05, 0) is 30.8 Å². The van der Waals surface area contributed by atoms with Crippen LogP contribution in [0.1, 0.15) is 18.7 Å². The zero-order valence-corrected chi connectivity index (χ0v) is 13.9. The standard InChI is InChI=1S/C13H18N4O3S2/c1-22(18,19)16-11-3-2-5-17(7-11)8-12-14-13(15-20-12)10-4-6-21-9-10/h4,6,9,11,16H,2-3,5,7-8H2,1H3/t11-/m1/s1. The van der Waals surface area contributed by atoms with Gasteiger partial charge in [0.2, 0.25) is 21.7 Å². The van der Waals surface area contributed by atoms with E-state index in [9.17, 15) is 8.42 Å². The highest BCUT2D eigenvalue weighted by atomic mass is 32.2. The molecule has 3 heterocycles. The molecule has 9 heteroatoms. The van der Waals surface area contributed by atoms with Crippen molar-refractivity contribution in [2.24, 2.45) is 0 Å². The molecule has 0 unspecified atom stereocenters. The molecule has 2 aromatic heterocycles. The van der Waals surface area contributed by atoms with Crippen LogP contribution in [0.4, 0.5) is 0 Å². The summed E-state index contributed by atoms with van der Waals surface area (Å²) in [6.07, 6.45) is 2.99. The largest absolute Gasteiger partial charge is 0.338 e. The van der Waals surface area contributed by atoms with Crippen LogP contribution in [0.15, 0.2) is 21.3 Å². The third-order valence-electron chi connectivity index (χ3n) is 3.49. The van der Waals surface area contributed by atoms with Crippen molar-refractivity contribution in [2.45, 2.75) is 25.4 Å². The van der Waals surface area contributed by atoms with E-state index in [0.29, 0.717) is 24.8 Å². The average Bonchev–Trinajstić information content (AvgIpc) is 3.07. The lowest BCUT2D eigenvalue weighted by Crippen LogP contribution is -2.47. The first-order chi connectivity index (χ1) is 10.5. The highest BCUT2D eigenvalue weighted by Crippen LogP contribution is 2.20. The van der Waals surface area contributed by atoms with Gasteiger partial charge in [-0.2, -0.15) is 16.3 Å². The topological polar surface area (TPSA) is 88.3 Å². The maximum atomic E-state index is 11.3. The fraction of sp³-hybridized carbons (Fsp3) is 0.538. The second kappa shape index (κ2) is 6.45. The molecule has 1 N–H and O–H groups in total. The lowest BCUT2D eigenvalue weighted by atomic mass is 10.1. The van der Waals surface area contributed by atoms with Crippen LogP contribution in [-0.4, -0.2) is 48.8 Å². The molecule has 0 spiro atoms. The Morgan fingerprint density at radius 1 is 1.55 bits per heavy atom. The maximum Gasteiger partial charge on any atom is 0.241 e. The minimum Gasteiger partial charge on any atom is -0.338 e. The van der Waals surface area contributed by atoms with E-state index in [1.807, 2.05) is 16.8 Å². The molecule has 1 aliphatic rings. The van der Waals surface area contributed by atoms with Crippen molar-refractivity contribution in [1.82, 2.24) is 19.8 Å². The van der Waals surface area contributed by atoms with Gasteiger partial charge in [0.05, 0.1) is 12.8 Å². The summed E-state index contributed by atoms with van der Waals surface area (Å²) in [5.41, 5.74) is 0.954. The van der Waals surface area contributed by atoms with Crippen molar-refractivity contribution in [3.63, 3.8) is 0 Å². The number of aromatic nitrogens is 2. The molecule has 7 nitrogen and oxygen atoms in total. The Hall–Kier alpha value is -1.29. The first-order valence-electron chi connectivity index (χ1n) is 7.04. The van der Waals surface area contributed by atoms with E-state index < -0.39 is 10.0 Å². The lowest BCUT2D eigenvalue weighted by molar-refractivity contribution is 0.173. The summed E-state index contributed by atoms with van der Waals surface area (Å²) in [6.45, 7) is 2.10. The summed E-state index contributed by atoms with van der Waals surface area (Å²) in [6, 6.07) is 1.90. The van der Waals surface area contributed by atoms with Gasteiger partial charge in [-0.25, -0.2) is 13.1 Å². The highest BCUT2D eigenvalue weighted by molar-refractivity contribution is 7.88. The zero-order valence-electron chi connectivity index (χ0n) is 12.2. The van der Waals surface area contributed by atoms with Gasteiger partial charge >= 0.3 is 0 Å². The van der Waals surface area contributed by atoms with Crippen LogP contribution >= 0.6 is 11.3 Å². The minimum absolute atomic E-state index is 0.0528. The van der Waals surface area contributed by atoms with Gasteiger partial charge in [0.15, 0.2) is 0 Å². The van der Waals surface area contributed by atoms with E-state index in [-0.39, 0.29) is 6.04 Å². The summed E-state index contributed by atoms with van der Waals surface area (Å²) >= 11 is 1.59. The Morgan fingerprint density at radius 3 is 3.14 bits per heavy atom. The van der Waals surface area contributed by atoms with E-state index in [1.165, 1.54) is 6.26 Å². The number of piperidine rings is 1. The van der Waals surface area contributed by atoms with Gasteiger partial charge in [0.25, 0.3) is 0 Å². The number of rotatable bonds is 5. The molecule has 0 radical (unpaired) electrons. The van der Waals surface area contributed by atoms with Crippen LogP contribution < -0.4 is 4.72 Å². The summed E-state index contributed by atoms with van der Waals surface area (Å²) in [5.74, 6) is 1.15. The average molecular weight is 342 g/mol. The van der Waals surface area contributed by atoms with Gasteiger partial charge in [-0.3, -0.25) is 4.90 Å². The third-order valence-corrected chi connectivity index (χ3v) is 4.94. The second-order valence-electron chi connectivity index (χ2n) is 5.49. The van der Waals surface area contributed by atoms with Crippen LogP contribution in [0.2, 0.25) is 0 Å². The molecule has 120 valence electrons. The number of hydrogen-bond donors (Lipinski definition) is 1. The molecule has 3 rings (SSSR count). The van der Waals surface area contributed by atoms with Gasteiger partial charge in [0.1, 0.15) is 0 Å². The van der Waals surface area contributed by atoms with Crippen molar-refractivity contribution in [2.75, 3.05) is 19.3 Å². The van der Waals surface area contributed by atoms with Gasteiger partial charge in [-0.1, -0.05) is 5.16 Å². The van der Waals surface area contributed by atoms with Gasteiger partial charge in [-0.15, -0.1) is 0 Å². The Kier molecular flexibility index (Phi) is 4.57. The normalized spacial score (nSPS) is 20.3. The summed E-state index contributed by atoms with van der Waals surface area (Å²) in [7, 11) is -3.17. The number of hydrogen-bond acceptors (Lipinski definition) is 7. The Labute approximate surface area is 133 Å². The third kappa shape index (κ3) is 4.13. The number of nitrogens with zero attached hydrogens (tertiary/aromatic N) is 3. The molecule has 0 bridgehead atoms. The molecule has 1 aliphatic heterocycles. The van der Waals surface area contributed by atoms with Crippen molar-refractivity contribution >= 4 is 21.4 Å². The zero-order chi connectivity index (χ0) is 15.6. The molecular weight excluding hydrogens is 324 g/mol. The first kappa shape index (κ1) is 15.6. The molecule has 0 aromatic carbocycles. The number of likely N-dealkylation sites (tertiary alicyclic amines) is 1. The predicted molar refractivity (Wildman–Crippen MR) is 83.9 cm³/mol. The molecule has 1 atom stereocenters. The van der Waals surface area contributed by atoms with E-state index in [2.05, 4.69) is 19.8 Å². The van der Waals surface area contributed by atoms with E-state index in [4.69, 9.17) is 4.52 Å². The quantitative estimate of drug-likeness (QED) is 0.881. The summed E-state index contributed by atoms with van der Waals surface area (Å²) in [5, 5.41) is 7.93. The SMILES string of the molecule is CS(=O)(=O)N[C@@H]1CCCN(Cc2nc(-c3ccsc3)no2)C1. The Morgan fingerprint density at radius 2 is 2.41 bits per heavy atom. The predicted octanol–water partition coefficient (Wildman–Crippen LogP) is 1.31. The number of thiophene rings is 1. The molecular formula is C13H18N4O3S2.